The Morgan fingerprint density at radius 1 is 1.47 bits per heavy atom. The minimum atomic E-state index is 0.230. The van der Waals surface area contributed by atoms with Crippen LogP contribution in [0.2, 0.25) is 0 Å². The molecule has 0 radical (unpaired) electrons. The number of amides is 1. The third kappa shape index (κ3) is 3.42. The summed E-state index contributed by atoms with van der Waals surface area (Å²) in [5, 5.41) is 0. The normalized spacial score (nSPS) is 34.7. The van der Waals surface area contributed by atoms with Crippen molar-refractivity contribution in [3.8, 4) is 0 Å². The lowest BCUT2D eigenvalue weighted by molar-refractivity contribution is -0.140. The minimum absolute atomic E-state index is 0.230. The highest BCUT2D eigenvalue weighted by molar-refractivity contribution is 5.76. The fourth-order valence-corrected chi connectivity index (χ4v) is 2.98. The van der Waals surface area contributed by atoms with Crippen LogP contribution in [0.5, 0.6) is 0 Å². The second kappa shape index (κ2) is 5.83. The Hall–Kier alpha value is -0.610. The molecule has 17 heavy (non-hydrogen) atoms. The van der Waals surface area contributed by atoms with E-state index < -0.39 is 0 Å². The van der Waals surface area contributed by atoms with Gasteiger partial charge < -0.3 is 15.4 Å². The van der Waals surface area contributed by atoms with Crippen LogP contribution in [-0.4, -0.2) is 42.6 Å². The molecule has 4 nitrogen and oxygen atoms in total. The van der Waals surface area contributed by atoms with E-state index >= 15 is 0 Å². The summed E-state index contributed by atoms with van der Waals surface area (Å²) >= 11 is 0. The van der Waals surface area contributed by atoms with Crippen LogP contribution in [0.25, 0.3) is 0 Å². The maximum atomic E-state index is 12.2. The lowest BCUT2D eigenvalue weighted by atomic mass is 9.84. The van der Waals surface area contributed by atoms with Gasteiger partial charge in [0.1, 0.15) is 0 Å². The standard InChI is InChI=1S/C13H24N2O2/c1-10-9-17-6-5-15(10)13(16)8-11-3-2-4-12(14)7-11/h10-12H,2-9,14H2,1H3. The fraction of sp³-hybridized carbons (Fsp3) is 0.923. The number of ether oxygens (including phenoxy) is 1. The van der Waals surface area contributed by atoms with Gasteiger partial charge in [-0.1, -0.05) is 6.42 Å². The molecule has 1 saturated carbocycles. The highest BCUT2D eigenvalue weighted by Gasteiger charge is 2.27. The Bertz CT molecular complexity index is 270. The summed E-state index contributed by atoms with van der Waals surface area (Å²) < 4.78 is 5.36. The van der Waals surface area contributed by atoms with E-state index in [1.807, 2.05) is 4.90 Å². The van der Waals surface area contributed by atoms with Gasteiger partial charge in [-0.15, -0.1) is 0 Å². The van der Waals surface area contributed by atoms with Crippen molar-refractivity contribution in [3.63, 3.8) is 0 Å². The van der Waals surface area contributed by atoms with Gasteiger partial charge in [-0.25, -0.2) is 0 Å². The molecule has 3 unspecified atom stereocenters. The van der Waals surface area contributed by atoms with Crippen LogP contribution >= 0.6 is 0 Å². The summed E-state index contributed by atoms with van der Waals surface area (Å²) in [6.07, 6.45) is 5.16. The molecule has 1 amide bonds. The zero-order valence-electron chi connectivity index (χ0n) is 10.7. The van der Waals surface area contributed by atoms with E-state index in [2.05, 4.69) is 6.92 Å². The first-order chi connectivity index (χ1) is 8.16. The third-order valence-corrected chi connectivity index (χ3v) is 3.97. The van der Waals surface area contributed by atoms with E-state index in [-0.39, 0.29) is 6.04 Å². The number of nitrogens with zero attached hydrogens (tertiary/aromatic N) is 1. The Morgan fingerprint density at radius 2 is 2.29 bits per heavy atom. The van der Waals surface area contributed by atoms with Crippen molar-refractivity contribution >= 4 is 5.91 Å². The molecule has 2 N–H and O–H groups in total. The first-order valence-electron chi connectivity index (χ1n) is 6.79. The van der Waals surface area contributed by atoms with E-state index in [4.69, 9.17) is 10.5 Å². The molecule has 1 aliphatic heterocycles. The molecule has 1 heterocycles. The second-order valence-electron chi connectivity index (χ2n) is 5.51. The van der Waals surface area contributed by atoms with Gasteiger partial charge in [-0.3, -0.25) is 4.79 Å². The lowest BCUT2D eigenvalue weighted by Crippen LogP contribution is -2.47. The SMILES string of the molecule is CC1COCCN1C(=O)CC1CCCC(N)C1. The Kier molecular flexibility index (Phi) is 4.40. The van der Waals surface area contributed by atoms with Gasteiger partial charge in [0.05, 0.1) is 19.3 Å². The maximum Gasteiger partial charge on any atom is 0.223 e. The summed E-state index contributed by atoms with van der Waals surface area (Å²) in [6.45, 7) is 4.17. The molecule has 0 aromatic rings. The molecule has 0 aromatic carbocycles. The second-order valence-corrected chi connectivity index (χ2v) is 5.51. The first kappa shape index (κ1) is 12.8. The minimum Gasteiger partial charge on any atom is -0.377 e. The van der Waals surface area contributed by atoms with Crippen molar-refractivity contribution in [2.45, 2.75) is 51.1 Å². The molecular weight excluding hydrogens is 216 g/mol. The Balaban J connectivity index is 1.83. The Labute approximate surface area is 103 Å². The van der Waals surface area contributed by atoms with Crippen LogP contribution in [-0.2, 0) is 9.53 Å². The number of hydrogen-bond acceptors (Lipinski definition) is 3. The molecule has 2 rings (SSSR count). The van der Waals surface area contributed by atoms with Crippen LogP contribution < -0.4 is 5.73 Å². The van der Waals surface area contributed by atoms with Gasteiger partial charge >= 0.3 is 0 Å². The quantitative estimate of drug-likeness (QED) is 0.787. The van der Waals surface area contributed by atoms with Crippen molar-refractivity contribution in [1.82, 2.24) is 4.90 Å². The predicted molar refractivity (Wildman–Crippen MR) is 66.5 cm³/mol. The molecule has 2 fully saturated rings. The highest BCUT2D eigenvalue weighted by atomic mass is 16.5. The van der Waals surface area contributed by atoms with Gasteiger partial charge in [-0.05, 0) is 32.1 Å². The molecule has 0 aromatic heterocycles. The van der Waals surface area contributed by atoms with E-state index in [9.17, 15) is 4.79 Å². The predicted octanol–water partition coefficient (Wildman–Crippen LogP) is 1.14. The topological polar surface area (TPSA) is 55.6 Å². The number of rotatable bonds is 2. The zero-order valence-corrected chi connectivity index (χ0v) is 10.7. The monoisotopic (exact) mass is 240 g/mol. The van der Waals surface area contributed by atoms with E-state index in [1.54, 1.807) is 0 Å². The fourth-order valence-electron chi connectivity index (χ4n) is 2.98. The summed E-state index contributed by atoms with van der Waals surface area (Å²) in [5.41, 5.74) is 5.96. The van der Waals surface area contributed by atoms with Gasteiger partial charge in [-0.2, -0.15) is 0 Å². The van der Waals surface area contributed by atoms with Gasteiger partial charge in [0.2, 0.25) is 5.91 Å². The molecule has 98 valence electrons. The smallest absolute Gasteiger partial charge is 0.223 e. The largest absolute Gasteiger partial charge is 0.377 e. The Morgan fingerprint density at radius 3 is 3.00 bits per heavy atom. The molecular formula is C13H24N2O2. The van der Waals surface area contributed by atoms with Crippen LogP contribution in [0.1, 0.15) is 39.0 Å². The van der Waals surface area contributed by atoms with Crippen molar-refractivity contribution in [3.05, 3.63) is 0 Å². The van der Waals surface area contributed by atoms with Crippen LogP contribution in [0.15, 0.2) is 0 Å². The number of nitrogens with two attached hydrogens (primary N) is 1. The van der Waals surface area contributed by atoms with Crippen LogP contribution in [0.3, 0.4) is 0 Å². The molecule has 1 saturated heterocycles. The highest BCUT2D eigenvalue weighted by Crippen LogP contribution is 2.26. The number of carbonyl (C=O) groups excluding carboxylic acids is 1. The average molecular weight is 240 g/mol. The van der Waals surface area contributed by atoms with E-state index in [1.165, 1.54) is 6.42 Å². The van der Waals surface area contributed by atoms with Gasteiger partial charge in [0, 0.05) is 19.0 Å². The van der Waals surface area contributed by atoms with E-state index in [0.29, 0.717) is 37.5 Å². The molecule has 0 bridgehead atoms. The van der Waals surface area contributed by atoms with Crippen molar-refractivity contribution < 1.29 is 9.53 Å². The van der Waals surface area contributed by atoms with Crippen molar-refractivity contribution in [1.29, 1.82) is 0 Å². The first-order valence-corrected chi connectivity index (χ1v) is 6.79. The van der Waals surface area contributed by atoms with Crippen LogP contribution in [0, 0.1) is 5.92 Å². The molecule has 3 atom stereocenters. The van der Waals surface area contributed by atoms with Gasteiger partial charge in [0.15, 0.2) is 0 Å². The lowest BCUT2D eigenvalue weighted by Gasteiger charge is -2.35. The average Bonchev–Trinajstić information content (AvgIpc) is 2.29. The molecule has 4 heteroatoms. The summed E-state index contributed by atoms with van der Waals surface area (Å²) in [7, 11) is 0. The third-order valence-electron chi connectivity index (χ3n) is 3.97. The van der Waals surface area contributed by atoms with Crippen LogP contribution in [0.4, 0.5) is 0 Å². The molecule has 1 aliphatic carbocycles. The summed E-state index contributed by atoms with van der Waals surface area (Å²) in [6, 6.07) is 0.539. The molecule has 2 aliphatic rings. The number of carbonyl (C=O) groups is 1. The van der Waals surface area contributed by atoms with Crippen molar-refractivity contribution in [2.75, 3.05) is 19.8 Å². The number of hydrogen-bond donors (Lipinski definition) is 1. The van der Waals surface area contributed by atoms with E-state index in [0.717, 1.165) is 25.8 Å². The summed E-state index contributed by atoms with van der Waals surface area (Å²) in [4.78, 5) is 14.2. The van der Waals surface area contributed by atoms with Gasteiger partial charge in [0.25, 0.3) is 0 Å². The molecule has 0 spiro atoms. The zero-order chi connectivity index (χ0) is 12.3. The summed E-state index contributed by atoms with van der Waals surface area (Å²) in [5.74, 6) is 0.793. The number of morpholine rings is 1. The maximum absolute atomic E-state index is 12.2. The van der Waals surface area contributed by atoms with Crippen molar-refractivity contribution in [2.24, 2.45) is 11.7 Å².